The molecule has 0 bridgehead atoms. The highest BCUT2D eigenvalue weighted by molar-refractivity contribution is 6.34. The van der Waals surface area contributed by atoms with Crippen molar-refractivity contribution in [3.05, 3.63) is 28.8 Å². The van der Waals surface area contributed by atoms with Gasteiger partial charge >= 0.3 is 5.97 Å². The van der Waals surface area contributed by atoms with Gasteiger partial charge in [0.1, 0.15) is 0 Å². The normalized spacial score (nSPS) is 21.0. The van der Waals surface area contributed by atoms with Gasteiger partial charge in [-0.2, -0.15) is 0 Å². The predicted molar refractivity (Wildman–Crippen MR) is 77.1 cm³/mol. The van der Waals surface area contributed by atoms with Crippen LogP contribution < -0.4 is 11.1 Å². The molecule has 1 fully saturated rings. The maximum absolute atomic E-state index is 12.2. The quantitative estimate of drug-likeness (QED) is 0.788. The minimum absolute atomic E-state index is 0.140. The number of carboxylic acid groups (broad SMARTS) is 1. The molecule has 0 radical (unpaired) electrons. The van der Waals surface area contributed by atoms with Gasteiger partial charge in [0.25, 0.3) is 0 Å². The second-order valence-corrected chi connectivity index (χ2v) is 5.44. The van der Waals surface area contributed by atoms with Crippen LogP contribution in [-0.2, 0) is 9.59 Å². The Morgan fingerprint density at radius 2 is 1.90 bits per heavy atom. The van der Waals surface area contributed by atoms with Crippen LogP contribution >= 0.6 is 11.6 Å². The van der Waals surface area contributed by atoms with Crippen LogP contribution in [0.25, 0.3) is 0 Å². The number of nitrogens with one attached hydrogen (secondary N) is 1. The summed E-state index contributed by atoms with van der Waals surface area (Å²) in [5.74, 6) is -3.14. The fourth-order valence-corrected chi connectivity index (χ4v) is 2.87. The molecule has 1 aromatic carbocycles. The average molecular weight is 311 g/mol. The van der Waals surface area contributed by atoms with Gasteiger partial charge in [0.05, 0.1) is 22.4 Å². The molecule has 1 aliphatic rings. The summed E-state index contributed by atoms with van der Waals surface area (Å²) < 4.78 is 0. The van der Waals surface area contributed by atoms with Gasteiger partial charge in [-0.3, -0.25) is 14.4 Å². The van der Waals surface area contributed by atoms with Crippen molar-refractivity contribution in [2.75, 3.05) is 5.32 Å². The van der Waals surface area contributed by atoms with E-state index >= 15 is 0 Å². The van der Waals surface area contributed by atoms with Gasteiger partial charge in [-0.15, -0.1) is 0 Å². The molecule has 6 nitrogen and oxygen atoms in total. The maximum Gasteiger partial charge on any atom is 0.307 e. The first-order chi connectivity index (χ1) is 9.90. The summed E-state index contributed by atoms with van der Waals surface area (Å²) in [6.45, 7) is 0. The van der Waals surface area contributed by atoms with Crippen LogP contribution in [0.2, 0.25) is 5.02 Å². The molecule has 21 heavy (non-hydrogen) atoms. The number of benzene rings is 1. The van der Waals surface area contributed by atoms with Crippen LogP contribution in [0.1, 0.15) is 29.6 Å². The third-order valence-corrected chi connectivity index (χ3v) is 3.98. The first-order valence-electron chi connectivity index (χ1n) is 6.53. The van der Waals surface area contributed by atoms with Gasteiger partial charge in [0.15, 0.2) is 0 Å². The number of halogens is 1. The number of hydrogen-bond acceptors (Lipinski definition) is 3. The number of aliphatic carboxylic acids is 1. The van der Waals surface area contributed by atoms with Crippen LogP contribution in [0.4, 0.5) is 5.69 Å². The summed E-state index contributed by atoms with van der Waals surface area (Å²) in [5, 5.41) is 11.9. The van der Waals surface area contributed by atoms with Gasteiger partial charge < -0.3 is 16.2 Å². The smallest absolute Gasteiger partial charge is 0.307 e. The molecular weight excluding hydrogens is 296 g/mol. The molecule has 0 aliphatic heterocycles. The van der Waals surface area contributed by atoms with Crippen LogP contribution in [0.15, 0.2) is 18.2 Å². The number of anilines is 1. The Labute approximate surface area is 126 Å². The number of carbonyl (C=O) groups is 3. The van der Waals surface area contributed by atoms with Crippen molar-refractivity contribution in [1.29, 1.82) is 0 Å². The van der Waals surface area contributed by atoms with Crippen molar-refractivity contribution in [2.45, 2.75) is 19.3 Å². The number of carboxylic acids is 1. The van der Waals surface area contributed by atoms with Crippen LogP contribution in [0.5, 0.6) is 0 Å². The Kier molecular flexibility index (Phi) is 4.47. The molecule has 1 aliphatic carbocycles. The zero-order valence-corrected chi connectivity index (χ0v) is 11.9. The lowest BCUT2D eigenvalue weighted by molar-refractivity contribution is -0.145. The number of rotatable bonds is 4. The Bertz CT molecular complexity index is 603. The first-order valence-corrected chi connectivity index (χ1v) is 6.91. The van der Waals surface area contributed by atoms with Gasteiger partial charge in [0, 0.05) is 5.69 Å². The third-order valence-electron chi connectivity index (χ3n) is 3.67. The van der Waals surface area contributed by atoms with E-state index in [0.29, 0.717) is 18.5 Å². The van der Waals surface area contributed by atoms with Gasteiger partial charge in [0.2, 0.25) is 11.8 Å². The van der Waals surface area contributed by atoms with E-state index in [2.05, 4.69) is 5.32 Å². The highest BCUT2D eigenvalue weighted by Gasteiger charge is 2.37. The molecule has 2 rings (SSSR count). The zero-order valence-electron chi connectivity index (χ0n) is 11.1. The molecule has 0 spiro atoms. The summed E-state index contributed by atoms with van der Waals surface area (Å²) >= 11 is 5.90. The molecule has 1 aromatic rings. The standard InChI is InChI=1S/C14H15ClN2O4/c15-11-6-7(4-5-10(11)12(16)18)17-13(19)8-2-1-3-9(8)14(20)21/h4-6,8-9H,1-3H2,(H2,16,18)(H,17,19)(H,20,21). The highest BCUT2D eigenvalue weighted by Crippen LogP contribution is 2.33. The number of hydrogen-bond donors (Lipinski definition) is 3. The molecule has 0 aromatic heterocycles. The van der Waals surface area contributed by atoms with Crippen LogP contribution in [-0.4, -0.2) is 22.9 Å². The Morgan fingerprint density at radius 1 is 1.24 bits per heavy atom. The SMILES string of the molecule is NC(=O)c1ccc(NC(=O)C2CCCC2C(=O)O)cc1Cl. The largest absolute Gasteiger partial charge is 0.481 e. The van der Waals surface area contributed by atoms with Crippen molar-refractivity contribution in [2.24, 2.45) is 17.6 Å². The van der Waals surface area contributed by atoms with E-state index in [1.807, 2.05) is 0 Å². The Hall–Kier alpha value is -2.08. The van der Waals surface area contributed by atoms with Crippen molar-refractivity contribution in [3.63, 3.8) is 0 Å². The Morgan fingerprint density at radius 3 is 2.48 bits per heavy atom. The van der Waals surface area contributed by atoms with E-state index in [4.69, 9.17) is 22.4 Å². The molecular formula is C14H15ClN2O4. The first kappa shape index (κ1) is 15.3. The zero-order chi connectivity index (χ0) is 15.6. The lowest BCUT2D eigenvalue weighted by Gasteiger charge is -2.16. The van der Waals surface area contributed by atoms with Crippen LogP contribution in [0, 0.1) is 11.8 Å². The summed E-state index contributed by atoms with van der Waals surface area (Å²) in [7, 11) is 0. The highest BCUT2D eigenvalue weighted by atomic mass is 35.5. The molecule has 2 amide bonds. The van der Waals surface area contributed by atoms with Gasteiger partial charge in [-0.1, -0.05) is 18.0 Å². The van der Waals surface area contributed by atoms with Gasteiger partial charge in [-0.25, -0.2) is 0 Å². The molecule has 2 unspecified atom stereocenters. The van der Waals surface area contributed by atoms with Crippen molar-refractivity contribution >= 4 is 35.1 Å². The fourth-order valence-electron chi connectivity index (χ4n) is 2.60. The maximum atomic E-state index is 12.2. The number of primary amides is 1. The average Bonchev–Trinajstić information content (AvgIpc) is 2.87. The minimum atomic E-state index is -0.949. The molecule has 112 valence electrons. The van der Waals surface area contributed by atoms with Crippen molar-refractivity contribution < 1.29 is 19.5 Å². The topological polar surface area (TPSA) is 109 Å². The second-order valence-electron chi connectivity index (χ2n) is 5.03. The van der Waals surface area contributed by atoms with Gasteiger partial charge in [-0.05, 0) is 31.0 Å². The summed E-state index contributed by atoms with van der Waals surface area (Å²) in [4.78, 5) is 34.3. The van der Waals surface area contributed by atoms with Crippen molar-refractivity contribution in [1.82, 2.24) is 0 Å². The summed E-state index contributed by atoms with van der Waals surface area (Å²) in [6.07, 6.45) is 1.78. The number of amides is 2. The molecule has 0 heterocycles. The fraction of sp³-hybridized carbons (Fsp3) is 0.357. The van der Waals surface area contributed by atoms with E-state index in [-0.39, 0.29) is 16.5 Å². The molecule has 2 atom stereocenters. The third kappa shape index (κ3) is 3.33. The summed E-state index contributed by atoms with van der Waals surface area (Å²) in [6, 6.07) is 4.35. The lowest BCUT2D eigenvalue weighted by Crippen LogP contribution is -2.30. The monoisotopic (exact) mass is 310 g/mol. The van der Waals surface area contributed by atoms with Crippen molar-refractivity contribution in [3.8, 4) is 0 Å². The minimum Gasteiger partial charge on any atom is -0.481 e. The number of nitrogens with two attached hydrogens (primary N) is 1. The van der Waals surface area contributed by atoms with E-state index in [0.717, 1.165) is 6.42 Å². The second kappa shape index (κ2) is 6.13. The van der Waals surface area contributed by atoms with E-state index in [9.17, 15) is 14.4 Å². The molecule has 0 saturated heterocycles. The number of carbonyl (C=O) groups excluding carboxylic acids is 2. The molecule has 4 N–H and O–H groups in total. The van der Waals surface area contributed by atoms with Crippen LogP contribution in [0.3, 0.4) is 0 Å². The van der Waals surface area contributed by atoms with E-state index in [1.54, 1.807) is 0 Å². The molecule has 1 saturated carbocycles. The Balaban J connectivity index is 2.11. The lowest BCUT2D eigenvalue weighted by atomic mass is 9.95. The summed E-state index contributed by atoms with van der Waals surface area (Å²) in [5.41, 5.74) is 5.72. The molecule has 7 heteroatoms. The van der Waals surface area contributed by atoms with E-state index in [1.165, 1.54) is 18.2 Å². The van der Waals surface area contributed by atoms with E-state index < -0.39 is 23.7 Å². The predicted octanol–water partition coefficient (Wildman–Crippen LogP) is 1.88.